The van der Waals surface area contributed by atoms with Gasteiger partial charge in [-0.1, -0.05) is 30.3 Å². The Kier molecular flexibility index (Phi) is 3.55. The van der Waals surface area contributed by atoms with Gasteiger partial charge in [-0.05, 0) is 29.8 Å². The Labute approximate surface area is 128 Å². The molecule has 0 aromatic heterocycles. The molecule has 22 heavy (non-hydrogen) atoms. The van der Waals surface area contributed by atoms with Gasteiger partial charge in [-0.25, -0.2) is 4.79 Å². The van der Waals surface area contributed by atoms with Crippen LogP contribution in [-0.4, -0.2) is 30.5 Å². The molecule has 0 aliphatic carbocycles. The van der Waals surface area contributed by atoms with Gasteiger partial charge in [0, 0.05) is 12.1 Å². The van der Waals surface area contributed by atoms with Gasteiger partial charge in [0.1, 0.15) is 11.4 Å². The van der Waals surface area contributed by atoms with Crippen molar-refractivity contribution < 1.29 is 14.3 Å². The number of nitrogens with zero attached hydrogens (tertiary/aromatic N) is 1. The Morgan fingerprint density at radius 1 is 1.18 bits per heavy atom. The molecule has 1 N–H and O–H groups in total. The second-order valence-corrected chi connectivity index (χ2v) is 4.94. The molecule has 1 aliphatic rings. The van der Waals surface area contributed by atoms with Gasteiger partial charge < -0.3 is 10.1 Å². The number of urea groups is 1. The van der Waals surface area contributed by atoms with Crippen LogP contribution < -0.4 is 10.1 Å². The van der Waals surface area contributed by atoms with Crippen molar-refractivity contribution in [1.29, 1.82) is 0 Å². The number of methoxy groups -OCH3 is 1. The molecule has 2 aromatic carbocycles. The van der Waals surface area contributed by atoms with E-state index in [9.17, 15) is 9.59 Å². The average Bonchev–Trinajstić information content (AvgIpc) is 2.81. The summed E-state index contributed by atoms with van der Waals surface area (Å²) in [6.45, 7) is 2.10. The molecule has 0 bridgehead atoms. The largest absolute Gasteiger partial charge is 0.496 e. The highest BCUT2D eigenvalue weighted by Gasteiger charge is 2.32. The number of imide groups is 1. The van der Waals surface area contributed by atoms with Crippen molar-refractivity contribution in [2.24, 2.45) is 0 Å². The van der Waals surface area contributed by atoms with Gasteiger partial charge in [0.2, 0.25) is 0 Å². The Hall–Kier alpha value is -2.82. The molecule has 0 atom stereocenters. The highest BCUT2D eigenvalue weighted by atomic mass is 16.5. The molecule has 5 heteroatoms. The van der Waals surface area contributed by atoms with Gasteiger partial charge in [-0.15, -0.1) is 0 Å². The lowest BCUT2D eigenvalue weighted by Gasteiger charge is -2.09. The third kappa shape index (κ3) is 2.20. The van der Waals surface area contributed by atoms with Crippen LogP contribution in [0.3, 0.4) is 0 Å². The fraction of sp³-hybridized carbons (Fsp3) is 0.176. The van der Waals surface area contributed by atoms with Crippen molar-refractivity contribution in [3.63, 3.8) is 0 Å². The zero-order chi connectivity index (χ0) is 15.7. The molecule has 3 amide bonds. The summed E-state index contributed by atoms with van der Waals surface area (Å²) in [6, 6.07) is 11.3. The van der Waals surface area contributed by atoms with Crippen LogP contribution in [0, 0.1) is 0 Å². The fourth-order valence-electron chi connectivity index (χ4n) is 2.61. The van der Waals surface area contributed by atoms with Gasteiger partial charge >= 0.3 is 6.03 Å². The minimum absolute atomic E-state index is 0.265. The van der Waals surface area contributed by atoms with Crippen molar-refractivity contribution in [2.75, 3.05) is 13.7 Å². The lowest BCUT2D eigenvalue weighted by molar-refractivity contribution is -0.122. The normalized spacial score (nSPS) is 16.5. The van der Waals surface area contributed by atoms with E-state index in [1.807, 2.05) is 36.4 Å². The summed E-state index contributed by atoms with van der Waals surface area (Å²) < 4.78 is 5.40. The van der Waals surface area contributed by atoms with Crippen molar-refractivity contribution in [3.8, 4) is 5.75 Å². The molecule has 0 unspecified atom stereocenters. The quantitative estimate of drug-likeness (QED) is 0.700. The van der Waals surface area contributed by atoms with Gasteiger partial charge in [-0.3, -0.25) is 9.69 Å². The fourth-order valence-corrected chi connectivity index (χ4v) is 2.61. The van der Waals surface area contributed by atoms with Gasteiger partial charge in [0.25, 0.3) is 5.91 Å². The van der Waals surface area contributed by atoms with Gasteiger partial charge in [0.15, 0.2) is 0 Å². The summed E-state index contributed by atoms with van der Waals surface area (Å²) in [5.41, 5.74) is 1.05. The predicted octanol–water partition coefficient (Wildman–Crippen LogP) is 2.76. The number of nitrogens with one attached hydrogen (secondary N) is 1. The third-order valence-corrected chi connectivity index (χ3v) is 3.72. The second kappa shape index (κ2) is 5.52. The Morgan fingerprint density at radius 3 is 2.64 bits per heavy atom. The van der Waals surface area contributed by atoms with E-state index in [1.54, 1.807) is 20.1 Å². The molecule has 1 fully saturated rings. The van der Waals surface area contributed by atoms with E-state index in [-0.39, 0.29) is 11.6 Å². The summed E-state index contributed by atoms with van der Waals surface area (Å²) in [5, 5.41) is 4.62. The van der Waals surface area contributed by atoms with E-state index >= 15 is 0 Å². The number of amides is 3. The van der Waals surface area contributed by atoms with Crippen LogP contribution in [0.2, 0.25) is 0 Å². The molecule has 3 rings (SSSR count). The molecule has 5 nitrogen and oxygen atoms in total. The van der Waals surface area contributed by atoms with Crippen LogP contribution in [0.5, 0.6) is 5.75 Å². The summed E-state index contributed by atoms with van der Waals surface area (Å²) in [4.78, 5) is 25.1. The number of carbonyl (C=O) groups excluding carboxylic acids is 2. The first-order chi connectivity index (χ1) is 10.7. The molecule has 1 heterocycles. The number of benzene rings is 2. The highest BCUT2D eigenvalue weighted by molar-refractivity contribution is 6.14. The van der Waals surface area contributed by atoms with Crippen molar-refractivity contribution >= 4 is 28.8 Å². The lowest BCUT2D eigenvalue weighted by Crippen LogP contribution is -2.30. The summed E-state index contributed by atoms with van der Waals surface area (Å²) in [5.74, 6) is 0.339. The topological polar surface area (TPSA) is 58.6 Å². The van der Waals surface area contributed by atoms with Gasteiger partial charge in [0.05, 0.1) is 7.11 Å². The van der Waals surface area contributed by atoms with Crippen LogP contribution in [-0.2, 0) is 4.79 Å². The van der Waals surface area contributed by atoms with Gasteiger partial charge in [-0.2, -0.15) is 0 Å². The molecule has 112 valence electrons. The maximum atomic E-state index is 12.2. The van der Waals surface area contributed by atoms with Crippen LogP contribution in [0.25, 0.3) is 16.8 Å². The monoisotopic (exact) mass is 296 g/mol. The van der Waals surface area contributed by atoms with E-state index in [2.05, 4.69) is 5.32 Å². The number of rotatable bonds is 3. The molecular formula is C17H16N2O3. The van der Waals surface area contributed by atoms with E-state index in [1.165, 1.54) is 4.90 Å². The summed E-state index contributed by atoms with van der Waals surface area (Å²) in [7, 11) is 1.58. The first-order valence-electron chi connectivity index (χ1n) is 7.06. The number of ether oxygens (including phenoxy) is 1. The summed E-state index contributed by atoms with van der Waals surface area (Å²) >= 11 is 0. The molecule has 0 radical (unpaired) electrons. The van der Waals surface area contributed by atoms with E-state index in [4.69, 9.17) is 4.74 Å². The van der Waals surface area contributed by atoms with Crippen molar-refractivity contribution in [2.45, 2.75) is 6.92 Å². The van der Waals surface area contributed by atoms with Crippen LogP contribution in [0.15, 0.2) is 42.1 Å². The van der Waals surface area contributed by atoms with E-state index in [0.29, 0.717) is 12.3 Å². The van der Waals surface area contributed by atoms with Crippen molar-refractivity contribution in [1.82, 2.24) is 10.2 Å². The first-order valence-corrected chi connectivity index (χ1v) is 7.06. The summed E-state index contributed by atoms with van der Waals surface area (Å²) in [6.07, 6.45) is 1.68. The predicted molar refractivity (Wildman–Crippen MR) is 84.4 cm³/mol. The molecule has 1 aliphatic heterocycles. The SMILES string of the molecule is CCN1C(=O)N/C(=C\c2c(OC)ccc3ccccc23)C1=O. The number of hydrogen-bond acceptors (Lipinski definition) is 3. The highest BCUT2D eigenvalue weighted by Crippen LogP contribution is 2.30. The molecule has 0 saturated carbocycles. The molecule has 1 saturated heterocycles. The average molecular weight is 296 g/mol. The third-order valence-electron chi connectivity index (χ3n) is 3.72. The number of hydrogen-bond donors (Lipinski definition) is 1. The first kappa shape index (κ1) is 14.1. The second-order valence-electron chi connectivity index (χ2n) is 4.94. The Balaban J connectivity index is 2.16. The molecule has 0 spiro atoms. The van der Waals surface area contributed by atoms with Crippen LogP contribution in [0.1, 0.15) is 12.5 Å². The van der Waals surface area contributed by atoms with Crippen molar-refractivity contribution in [3.05, 3.63) is 47.7 Å². The Bertz CT molecular complexity index is 796. The molecule has 2 aromatic rings. The lowest BCUT2D eigenvalue weighted by atomic mass is 10.0. The maximum absolute atomic E-state index is 12.2. The Morgan fingerprint density at radius 2 is 1.95 bits per heavy atom. The number of likely N-dealkylation sites (N-methyl/N-ethyl adjacent to an activating group) is 1. The number of carbonyl (C=O) groups is 2. The van der Waals surface area contributed by atoms with Crippen LogP contribution >= 0.6 is 0 Å². The smallest absolute Gasteiger partial charge is 0.328 e. The number of fused-ring (bicyclic) bond motifs is 1. The minimum Gasteiger partial charge on any atom is -0.496 e. The minimum atomic E-state index is -0.391. The zero-order valence-corrected chi connectivity index (χ0v) is 12.4. The standard InChI is InChI=1S/C17H16N2O3/c1-3-19-16(20)14(18-17(19)21)10-13-12-7-5-4-6-11(12)8-9-15(13)22-2/h4-10H,3H2,1-2H3,(H,18,21)/b14-10-. The van der Waals surface area contributed by atoms with Crippen LogP contribution in [0.4, 0.5) is 4.79 Å². The van der Waals surface area contributed by atoms with E-state index < -0.39 is 6.03 Å². The zero-order valence-electron chi connectivity index (χ0n) is 12.4. The molecular weight excluding hydrogens is 280 g/mol. The van der Waals surface area contributed by atoms with E-state index in [0.717, 1.165) is 16.3 Å². The maximum Gasteiger partial charge on any atom is 0.328 e.